The molecule has 3 rings (SSSR count). The van der Waals surface area contributed by atoms with Crippen LogP contribution in [0.4, 0.5) is 10.1 Å². The summed E-state index contributed by atoms with van der Waals surface area (Å²) in [6.07, 6.45) is 3.64. The van der Waals surface area contributed by atoms with E-state index < -0.39 is 0 Å². The molecule has 19 heavy (non-hydrogen) atoms. The van der Waals surface area contributed by atoms with Crippen molar-refractivity contribution >= 4 is 22.9 Å². The number of halogens is 1. The molecule has 2 fully saturated rings. The molecule has 2 atom stereocenters. The molecule has 5 heteroatoms. The number of benzene rings is 1. The van der Waals surface area contributed by atoms with Crippen LogP contribution in [0.1, 0.15) is 24.8 Å². The van der Waals surface area contributed by atoms with Crippen LogP contribution in [-0.2, 0) is 0 Å². The van der Waals surface area contributed by atoms with Crippen molar-refractivity contribution in [3.05, 3.63) is 29.6 Å². The molecule has 2 saturated heterocycles. The van der Waals surface area contributed by atoms with Crippen molar-refractivity contribution in [3.8, 4) is 0 Å². The number of thiocarbonyl (C=S) groups is 1. The molecule has 0 bridgehead atoms. The molecule has 0 spiro atoms. The van der Waals surface area contributed by atoms with E-state index in [-0.39, 0.29) is 10.8 Å². The van der Waals surface area contributed by atoms with Gasteiger partial charge >= 0.3 is 0 Å². The van der Waals surface area contributed by atoms with E-state index in [0.29, 0.717) is 17.6 Å². The van der Waals surface area contributed by atoms with Gasteiger partial charge in [-0.2, -0.15) is 0 Å². The Balaban J connectivity index is 1.73. The average Bonchev–Trinajstić information content (AvgIpc) is 2.94. The quantitative estimate of drug-likeness (QED) is 0.832. The lowest BCUT2D eigenvalue weighted by Gasteiger charge is -2.22. The summed E-state index contributed by atoms with van der Waals surface area (Å²) in [5, 5.41) is 3.45. The normalized spacial score (nSPS) is 26.4. The second kappa shape index (κ2) is 5.06. The molecule has 102 valence electrons. The first kappa shape index (κ1) is 12.8. The molecular formula is C14H18FN3S. The minimum atomic E-state index is -0.348. The summed E-state index contributed by atoms with van der Waals surface area (Å²) in [7, 11) is 0. The number of anilines is 1. The molecule has 2 aliphatic rings. The van der Waals surface area contributed by atoms with Crippen molar-refractivity contribution in [1.29, 1.82) is 0 Å². The fraction of sp³-hybridized carbons (Fsp3) is 0.500. The van der Waals surface area contributed by atoms with E-state index in [1.54, 1.807) is 6.07 Å². The first-order valence-electron chi connectivity index (χ1n) is 6.75. The number of hydrogen-bond donors (Lipinski definition) is 2. The van der Waals surface area contributed by atoms with Crippen LogP contribution >= 0.6 is 12.2 Å². The van der Waals surface area contributed by atoms with E-state index in [2.05, 4.69) is 10.2 Å². The summed E-state index contributed by atoms with van der Waals surface area (Å²) < 4.78 is 13.8. The molecule has 0 aliphatic carbocycles. The maximum atomic E-state index is 13.8. The van der Waals surface area contributed by atoms with Gasteiger partial charge in [0.1, 0.15) is 10.8 Å². The molecule has 3 nitrogen and oxygen atoms in total. The zero-order valence-electron chi connectivity index (χ0n) is 10.7. The van der Waals surface area contributed by atoms with Gasteiger partial charge in [-0.1, -0.05) is 12.2 Å². The van der Waals surface area contributed by atoms with Gasteiger partial charge in [0.2, 0.25) is 0 Å². The van der Waals surface area contributed by atoms with Crippen LogP contribution < -0.4 is 11.1 Å². The summed E-state index contributed by atoms with van der Waals surface area (Å²) in [4.78, 5) is 2.63. The maximum Gasteiger partial charge on any atom is 0.135 e. The lowest BCUT2D eigenvalue weighted by molar-refractivity contribution is 0.318. The molecular weight excluding hydrogens is 261 g/mol. The van der Waals surface area contributed by atoms with Gasteiger partial charge in [0.25, 0.3) is 0 Å². The molecule has 2 heterocycles. The Morgan fingerprint density at radius 3 is 2.95 bits per heavy atom. The van der Waals surface area contributed by atoms with Gasteiger partial charge in [-0.15, -0.1) is 0 Å². The molecule has 2 aliphatic heterocycles. The summed E-state index contributed by atoms with van der Waals surface area (Å²) in [5.74, 6) is -0.348. The Bertz CT molecular complexity index is 505. The minimum Gasteiger partial charge on any atom is -0.389 e. The van der Waals surface area contributed by atoms with Crippen molar-refractivity contribution in [2.45, 2.75) is 31.3 Å². The molecule has 1 aromatic rings. The first-order valence-corrected chi connectivity index (χ1v) is 7.16. The topological polar surface area (TPSA) is 41.3 Å². The third-order valence-corrected chi connectivity index (χ3v) is 4.41. The predicted molar refractivity (Wildman–Crippen MR) is 78.9 cm³/mol. The first-order chi connectivity index (χ1) is 9.15. The predicted octanol–water partition coefficient (Wildman–Crippen LogP) is 2.11. The Hall–Kier alpha value is -1.20. The van der Waals surface area contributed by atoms with Gasteiger partial charge in [-0.05, 0) is 44.0 Å². The lowest BCUT2D eigenvalue weighted by atomic mass is 10.1. The highest BCUT2D eigenvalue weighted by atomic mass is 32.1. The zero-order valence-corrected chi connectivity index (χ0v) is 11.5. The van der Waals surface area contributed by atoms with E-state index >= 15 is 0 Å². The number of hydrogen-bond acceptors (Lipinski definition) is 3. The highest BCUT2D eigenvalue weighted by Gasteiger charge is 2.36. The van der Waals surface area contributed by atoms with Crippen LogP contribution in [-0.4, -0.2) is 35.1 Å². The minimum absolute atomic E-state index is 0.104. The van der Waals surface area contributed by atoms with Crippen LogP contribution in [0.2, 0.25) is 0 Å². The molecule has 2 unspecified atom stereocenters. The van der Waals surface area contributed by atoms with Gasteiger partial charge < -0.3 is 11.1 Å². The second-order valence-electron chi connectivity index (χ2n) is 5.34. The van der Waals surface area contributed by atoms with E-state index in [9.17, 15) is 4.39 Å². The Morgan fingerprint density at radius 1 is 1.37 bits per heavy atom. The lowest BCUT2D eigenvalue weighted by Crippen LogP contribution is -2.33. The van der Waals surface area contributed by atoms with Crippen molar-refractivity contribution in [2.24, 2.45) is 5.73 Å². The fourth-order valence-corrected chi connectivity index (χ4v) is 3.44. The van der Waals surface area contributed by atoms with Crippen molar-refractivity contribution < 1.29 is 4.39 Å². The van der Waals surface area contributed by atoms with Crippen LogP contribution in [0.3, 0.4) is 0 Å². The van der Waals surface area contributed by atoms with Crippen molar-refractivity contribution in [1.82, 2.24) is 4.90 Å². The van der Waals surface area contributed by atoms with Gasteiger partial charge in [0, 0.05) is 29.9 Å². The molecule has 1 aromatic carbocycles. The SMILES string of the molecule is NC(=S)c1ccc(NC2CCN3CCCC23)cc1F. The Morgan fingerprint density at radius 2 is 2.21 bits per heavy atom. The van der Waals surface area contributed by atoms with Crippen LogP contribution in [0.5, 0.6) is 0 Å². The number of fused-ring (bicyclic) bond motifs is 1. The number of nitrogens with two attached hydrogens (primary N) is 1. The summed E-state index contributed by atoms with van der Waals surface area (Å²) in [5.41, 5.74) is 6.59. The highest BCUT2D eigenvalue weighted by molar-refractivity contribution is 7.80. The van der Waals surface area contributed by atoms with Gasteiger partial charge in [-0.25, -0.2) is 4.39 Å². The molecule has 0 aromatic heterocycles. The fourth-order valence-electron chi connectivity index (χ4n) is 3.27. The van der Waals surface area contributed by atoms with Crippen LogP contribution in [0.15, 0.2) is 18.2 Å². The largest absolute Gasteiger partial charge is 0.389 e. The molecule has 0 radical (unpaired) electrons. The maximum absolute atomic E-state index is 13.8. The molecule has 0 amide bonds. The van der Waals surface area contributed by atoms with E-state index in [4.69, 9.17) is 18.0 Å². The van der Waals surface area contributed by atoms with Crippen LogP contribution in [0, 0.1) is 5.82 Å². The van der Waals surface area contributed by atoms with Crippen molar-refractivity contribution in [3.63, 3.8) is 0 Å². The third-order valence-electron chi connectivity index (χ3n) is 4.19. The molecule has 3 N–H and O–H groups in total. The second-order valence-corrected chi connectivity index (χ2v) is 5.78. The Labute approximate surface area is 118 Å². The van der Waals surface area contributed by atoms with E-state index in [1.165, 1.54) is 25.5 Å². The third kappa shape index (κ3) is 2.44. The number of rotatable bonds is 3. The standard InChI is InChI=1S/C14H18FN3S/c15-11-8-9(3-4-10(11)14(16)19)17-12-5-7-18-6-1-2-13(12)18/h3-4,8,12-13,17H,1-2,5-7H2,(H2,16,19). The Kier molecular flexibility index (Phi) is 3.41. The summed E-state index contributed by atoms with van der Waals surface area (Å²) in [6, 6.07) is 6.04. The smallest absolute Gasteiger partial charge is 0.135 e. The number of nitrogens with one attached hydrogen (secondary N) is 1. The average molecular weight is 279 g/mol. The van der Waals surface area contributed by atoms with E-state index in [1.807, 2.05) is 6.07 Å². The highest BCUT2D eigenvalue weighted by Crippen LogP contribution is 2.30. The van der Waals surface area contributed by atoms with E-state index in [0.717, 1.165) is 18.7 Å². The van der Waals surface area contributed by atoms with Crippen LogP contribution in [0.25, 0.3) is 0 Å². The summed E-state index contributed by atoms with van der Waals surface area (Å²) >= 11 is 4.81. The van der Waals surface area contributed by atoms with Gasteiger partial charge in [0.05, 0.1) is 0 Å². The summed E-state index contributed by atoms with van der Waals surface area (Å²) in [6.45, 7) is 2.35. The number of nitrogens with zero attached hydrogens (tertiary/aromatic N) is 1. The van der Waals surface area contributed by atoms with Gasteiger partial charge in [0.15, 0.2) is 0 Å². The van der Waals surface area contributed by atoms with Gasteiger partial charge in [-0.3, -0.25) is 4.90 Å². The van der Waals surface area contributed by atoms with Crippen molar-refractivity contribution in [2.75, 3.05) is 18.4 Å². The molecule has 0 saturated carbocycles. The zero-order chi connectivity index (χ0) is 13.4. The monoisotopic (exact) mass is 279 g/mol.